The summed E-state index contributed by atoms with van der Waals surface area (Å²) in [6.07, 6.45) is 2.56. The predicted octanol–water partition coefficient (Wildman–Crippen LogP) is 1.32. The third-order valence-electron chi connectivity index (χ3n) is 5.25. The van der Waals surface area contributed by atoms with Gasteiger partial charge in [-0.1, -0.05) is 0 Å². The fourth-order valence-corrected chi connectivity index (χ4v) is 5.31. The van der Waals surface area contributed by atoms with Gasteiger partial charge in [0.05, 0.1) is 0 Å². The summed E-state index contributed by atoms with van der Waals surface area (Å²) >= 11 is 0. The Hall–Kier alpha value is -1.58. The average Bonchev–Trinajstić information content (AvgIpc) is 3.12. The molecule has 2 aliphatic rings. The maximum Gasteiger partial charge on any atom is 0.246 e. The van der Waals surface area contributed by atoms with Gasteiger partial charge < -0.3 is 10.6 Å². The van der Waals surface area contributed by atoms with Crippen LogP contribution in [0.1, 0.15) is 25.7 Å². The zero-order chi connectivity index (χ0) is 18.9. The van der Waals surface area contributed by atoms with E-state index in [9.17, 15) is 22.0 Å². The van der Waals surface area contributed by atoms with Crippen molar-refractivity contribution in [2.75, 3.05) is 26.2 Å². The SMILES string of the molecule is NCC1CCCN1C(=O)C1CCN(S(=O)(=O)c2cc(F)ccc2F)CC1. The second-order valence-electron chi connectivity index (χ2n) is 6.82. The van der Waals surface area contributed by atoms with Crippen molar-refractivity contribution in [2.45, 2.75) is 36.6 Å². The van der Waals surface area contributed by atoms with Gasteiger partial charge >= 0.3 is 0 Å². The topological polar surface area (TPSA) is 83.7 Å². The van der Waals surface area contributed by atoms with Crippen molar-refractivity contribution >= 4 is 15.9 Å². The second kappa shape index (κ2) is 7.58. The molecule has 1 aromatic carbocycles. The van der Waals surface area contributed by atoms with Gasteiger partial charge in [-0.25, -0.2) is 17.2 Å². The third kappa shape index (κ3) is 3.60. The highest BCUT2D eigenvalue weighted by molar-refractivity contribution is 7.89. The minimum absolute atomic E-state index is 0.0203. The Morgan fingerprint density at radius 1 is 1.15 bits per heavy atom. The van der Waals surface area contributed by atoms with E-state index < -0.39 is 26.6 Å². The van der Waals surface area contributed by atoms with Crippen molar-refractivity contribution in [2.24, 2.45) is 11.7 Å². The molecular weight excluding hydrogens is 364 g/mol. The van der Waals surface area contributed by atoms with Crippen LogP contribution in [0.2, 0.25) is 0 Å². The number of halogens is 2. The number of nitrogens with two attached hydrogens (primary N) is 1. The first-order valence-electron chi connectivity index (χ1n) is 8.80. The minimum atomic E-state index is -4.13. The van der Waals surface area contributed by atoms with Crippen LogP contribution >= 0.6 is 0 Å². The summed E-state index contributed by atoms with van der Waals surface area (Å²) in [5.41, 5.74) is 5.71. The number of hydrogen-bond donors (Lipinski definition) is 1. The molecule has 1 atom stereocenters. The Morgan fingerprint density at radius 3 is 2.50 bits per heavy atom. The molecule has 2 N–H and O–H groups in total. The Morgan fingerprint density at radius 2 is 1.85 bits per heavy atom. The van der Waals surface area contributed by atoms with Crippen molar-refractivity contribution in [1.29, 1.82) is 0 Å². The molecule has 1 aromatic rings. The number of benzene rings is 1. The van der Waals surface area contributed by atoms with Crippen molar-refractivity contribution < 1.29 is 22.0 Å². The van der Waals surface area contributed by atoms with Crippen molar-refractivity contribution in [3.8, 4) is 0 Å². The fraction of sp³-hybridized carbons (Fsp3) is 0.588. The Balaban J connectivity index is 1.68. The number of rotatable bonds is 4. The van der Waals surface area contributed by atoms with Gasteiger partial charge in [0.15, 0.2) is 0 Å². The number of hydrogen-bond acceptors (Lipinski definition) is 4. The van der Waals surface area contributed by atoms with Crippen LogP contribution in [-0.4, -0.2) is 55.8 Å². The molecule has 1 amide bonds. The normalized spacial score (nSPS) is 22.7. The lowest BCUT2D eigenvalue weighted by molar-refractivity contribution is -0.137. The summed E-state index contributed by atoms with van der Waals surface area (Å²) in [6.45, 7) is 1.33. The lowest BCUT2D eigenvalue weighted by Crippen LogP contribution is -2.47. The molecule has 0 radical (unpaired) electrons. The highest BCUT2D eigenvalue weighted by Gasteiger charge is 2.37. The van der Waals surface area contributed by atoms with Crippen LogP contribution in [0.15, 0.2) is 23.1 Å². The summed E-state index contributed by atoms with van der Waals surface area (Å²) < 4.78 is 53.5. The highest BCUT2D eigenvalue weighted by atomic mass is 32.2. The first kappa shape index (κ1) is 19.2. The number of carbonyl (C=O) groups excluding carboxylic acids is 1. The molecule has 0 saturated carbocycles. The van der Waals surface area contributed by atoms with E-state index in [4.69, 9.17) is 5.73 Å². The van der Waals surface area contributed by atoms with Gasteiger partial charge in [0.2, 0.25) is 15.9 Å². The average molecular weight is 387 g/mol. The Kier molecular flexibility index (Phi) is 5.59. The van der Waals surface area contributed by atoms with Crippen molar-refractivity contribution in [1.82, 2.24) is 9.21 Å². The summed E-state index contributed by atoms with van der Waals surface area (Å²) in [5, 5.41) is 0. The molecule has 0 aliphatic carbocycles. The molecule has 0 aromatic heterocycles. The number of amides is 1. The van der Waals surface area contributed by atoms with E-state index in [1.54, 1.807) is 4.90 Å². The zero-order valence-corrected chi connectivity index (χ0v) is 15.2. The van der Waals surface area contributed by atoms with E-state index in [2.05, 4.69) is 0 Å². The van der Waals surface area contributed by atoms with Crippen LogP contribution in [-0.2, 0) is 14.8 Å². The van der Waals surface area contributed by atoms with E-state index in [0.29, 0.717) is 32.0 Å². The Bertz CT molecular complexity index is 779. The van der Waals surface area contributed by atoms with E-state index in [1.807, 2.05) is 0 Å². The van der Waals surface area contributed by atoms with Crippen LogP contribution in [0.3, 0.4) is 0 Å². The molecule has 2 heterocycles. The predicted molar refractivity (Wildman–Crippen MR) is 91.6 cm³/mol. The van der Waals surface area contributed by atoms with Gasteiger partial charge in [0.1, 0.15) is 16.5 Å². The quantitative estimate of drug-likeness (QED) is 0.845. The van der Waals surface area contributed by atoms with E-state index in [1.165, 1.54) is 0 Å². The standard InChI is InChI=1S/C17H23F2N3O3S/c18-13-3-4-15(19)16(10-13)26(24,25)21-8-5-12(6-9-21)17(23)22-7-1-2-14(22)11-20/h3-4,10,12,14H,1-2,5-9,11,20H2. The van der Waals surface area contributed by atoms with Gasteiger partial charge in [-0.2, -0.15) is 4.31 Å². The smallest absolute Gasteiger partial charge is 0.246 e. The van der Waals surface area contributed by atoms with Crippen LogP contribution in [0.4, 0.5) is 8.78 Å². The molecule has 144 valence electrons. The summed E-state index contributed by atoms with van der Waals surface area (Å²) in [7, 11) is -4.13. The van der Waals surface area contributed by atoms with Crippen LogP contribution in [0.5, 0.6) is 0 Å². The highest BCUT2D eigenvalue weighted by Crippen LogP contribution is 2.28. The summed E-state index contributed by atoms with van der Waals surface area (Å²) in [5.74, 6) is -2.03. The molecule has 3 rings (SSSR count). The van der Waals surface area contributed by atoms with Gasteiger partial charge in [0, 0.05) is 38.1 Å². The number of piperidine rings is 1. The molecule has 0 spiro atoms. The molecule has 2 saturated heterocycles. The lowest BCUT2D eigenvalue weighted by Gasteiger charge is -2.34. The van der Waals surface area contributed by atoms with Crippen LogP contribution < -0.4 is 5.73 Å². The number of likely N-dealkylation sites (tertiary alicyclic amines) is 1. The van der Waals surface area contributed by atoms with E-state index >= 15 is 0 Å². The number of nitrogens with zero attached hydrogens (tertiary/aromatic N) is 2. The first-order chi connectivity index (χ1) is 12.3. The van der Waals surface area contributed by atoms with Crippen molar-refractivity contribution in [3.05, 3.63) is 29.8 Å². The van der Waals surface area contributed by atoms with E-state index in [0.717, 1.165) is 29.3 Å². The molecular formula is C17H23F2N3O3S. The maximum atomic E-state index is 13.9. The van der Waals surface area contributed by atoms with Gasteiger partial charge in [0.25, 0.3) is 0 Å². The zero-order valence-electron chi connectivity index (χ0n) is 14.4. The van der Waals surface area contributed by atoms with Gasteiger partial charge in [-0.05, 0) is 43.9 Å². The molecule has 2 fully saturated rings. The number of sulfonamides is 1. The molecule has 26 heavy (non-hydrogen) atoms. The van der Waals surface area contributed by atoms with Crippen LogP contribution in [0, 0.1) is 17.6 Å². The Labute approximate surface area is 152 Å². The fourth-order valence-electron chi connectivity index (χ4n) is 3.76. The summed E-state index contributed by atoms with van der Waals surface area (Å²) in [4.78, 5) is 13.8. The first-order valence-corrected chi connectivity index (χ1v) is 10.2. The molecule has 9 heteroatoms. The molecule has 2 aliphatic heterocycles. The summed E-state index contributed by atoms with van der Waals surface area (Å²) in [6, 6.07) is 2.44. The lowest BCUT2D eigenvalue weighted by atomic mass is 9.96. The minimum Gasteiger partial charge on any atom is -0.338 e. The van der Waals surface area contributed by atoms with E-state index in [-0.39, 0.29) is 31.0 Å². The maximum absolute atomic E-state index is 13.9. The third-order valence-corrected chi connectivity index (χ3v) is 7.16. The monoisotopic (exact) mass is 387 g/mol. The largest absolute Gasteiger partial charge is 0.338 e. The molecule has 1 unspecified atom stereocenters. The van der Waals surface area contributed by atoms with Gasteiger partial charge in [-0.15, -0.1) is 0 Å². The molecule has 6 nitrogen and oxygen atoms in total. The number of carbonyl (C=O) groups is 1. The molecule has 0 bridgehead atoms. The van der Waals surface area contributed by atoms with Crippen molar-refractivity contribution in [3.63, 3.8) is 0 Å². The van der Waals surface area contributed by atoms with Crippen LogP contribution in [0.25, 0.3) is 0 Å². The second-order valence-corrected chi connectivity index (χ2v) is 8.72. The van der Waals surface area contributed by atoms with Gasteiger partial charge in [-0.3, -0.25) is 4.79 Å².